The predicted octanol–water partition coefficient (Wildman–Crippen LogP) is 1.39. The molecule has 0 spiro atoms. The third-order valence-corrected chi connectivity index (χ3v) is 3.71. The number of phenols is 1. The number of amides is 2. The number of rotatable bonds is 2. The van der Waals surface area contributed by atoms with Crippen LogP contribution in [-0.4, -0.2) is 22.9 Å². The minimum absolute atomic E-state index is 0.0177. The van der Waals surface area contributed by atoms with Crippen LogP contribution < -0.4 is 15.3 Å². The SMILES string of the molecule is CC(=O)Oc1c(C)c2c(N3C(=O)CCC3=O)cc(O)cc2oc1=O. The zero-order chi connectivity index (χ0) is 17.6. The van der Waals surface area contributed by atoms with Gasteiger partial charge in [0.05, 0.1) is 5.69 Å². The van der Waals surface area contributed by atoms with Crippen LogP contribution in [0.3, 0.4) is 0 Å². The number of ether oxygens (including phenoxy) is 1. The zero-order valence-corrected chi connectivity index (χ0v) is 12.9. The molecule has 0 saturated carbocycles. The third kappa shape index (κ3) is 2.41. The van der Waals surface area contributed by atoms with E-state index < -0.39 is 23.4 Å². The van der Waals surface area contributed by atoms with Crippen LogP contribution in [0.25, 0.3) is 11.0 Å². The fourth-order valence-electron chi connectivity index (χ4n) is 2.74. The first-order chi connectivity index (χ1) is 11.3. The molecule has 1 aliphatic rings. The maximum absolute atomic E-state index is 12.0. The van der Waals surface area contributed by atoms with Crippen molar-refractivity contribution in [2.45, 2.75) is 26.7 Å². The molecule has 124 valence electrons. The van der Waals surface area contributed by atoms with Gasteiger partial charge >= 0.3 is 11.6 Å². The molecule has 1 saturated heterocycles. The van der Waals surface area contributed by atoms with Gasteiger partial charge in [-0.2, -0.15) is 0 Å². The van der Waals surface area contributed by atoms with Gasteiger partial charge in [-0.05, 0) is 6.92 Å². The summed E-state index contributed by atoms with van der Waals surface area (Å²) in [5, 5.41) is 10.1. The molecule has 1 fully saturated rings. The highest BCUT2D eigenvalue weighted by Gasteiger charge is 2.33. The Bertz CT molecular complexity index is 941. The number of hydrogen-bond acceptors (Lipinski definition) is 7. The minimum Gasteiger partial charge on any atom is -0.508 e. The van der Waals surface area contributed by atoms with E-state index in [1.165, 1.54) is 19.1 Å². The summed E-state index contributed by atoms with van der Waals surface area (Å²) in [6, 6.07) is 2.42. The molecule has 0 aliphatic carbocycles. The molecular weight excluding hydrogens is 318 g/mol. The molecule has 1 aromatic carbocycles. The maximum atomic E-state index is 12.0. The molecule has 0 bridgehead atoms. The van der Waals surface area contributed by atoms with Crippen molar-refractivity contribution in [1.82, 2.24) is 0 Å². The van der Waals surface area contributed by atoms with Gasteiger partial charge in [0.2, 0.25) is 17.6 Å². The molecule has 3 rings (SSSR count). The molecular formula is C16H13NO7. The number of carbonyl (C=O) groups is 3. The van der Waals surface area contributed by atoms with Gasteiger partial charge in [-0.15, -0.1) is 0 Å². The second-order valence-corrected chi connectivity index (χ2v) is 5.40. The lowest BCUT2D eigenvalue weighted by molar-refractivity contribution is -0.132. The smallest absolute Gasteiger partial charge is 0.380 e. The highest BCUT2D eigenvalue weighted by Crippen LogP contribution is 2.37. The first-order valence-electron chi connectivity index (χ1n) is 7.14. The Hall–Kier alpha value is -3.16. The molecule has 2 amide bonds. The summed E-state index contributed by atoms with van der Waals surface area (Å²) in [7, 11) is 0. The monoisotopic (exact) mass is 331 g/mol. The van der Waals surface area contributed by atoms with E-state index in [-0.39, 0.29) is 46.6 Å². The van der Waals surface area contributed by atoms with E-state index in [1.807, 2.05) is 0 Å². The second kappa shape index (κ2) is 5.48. The number of anilines is 1. The van der Waals surface area contributed by atoms with Gasteiger partial charge in [-0.1, -0.05) is 0 Å². The Morgan fingerprint density at radius 2 is 1.83 bits per heavy atom. The highest BCUT2D eigenvalue weighted by atomic mass is 16.5. The standard InChI is InChI=1S/C16H13NO7/c1-7-14-10(17-12(20)3-4-13(17)21)5-9(19)6-11(14)24-16(22)15(7)23-8(2)18/h5-6,19H,3-4H2,1-2H3. The van der Waals surface area contributed by atoms with E-state index in [2.05, 4.69) is 0 Å². The molecule has 1 aromatic heterocycles. The number of aryl methyl sites for hydroxylation is 1. The van der Waals surface area contributed by atoms with E-state index >= 15 is 0 Å². The molecule has 2 heterocycles. The highest BCUT2D eigenvalue weighted by molar-refractivity contribution is 6.23. The van der Waals surface area contributed by atoms with Crippen LogP contribution in [0.5, 0.6) is 11.5 Å². The van der Waals surface area contributed by atoms with Gasteiger partial charge in [0.1, 0.15) is 11.3 Å². The number of phenolic OH excluding ortho intramolecular Hbond substituents is 1. The van der Waals surface area contributed by atoms with Gasteiger partial charge in [0, 0.05) is 42.8 Å². The number of hydrogen-bond donors (Lipinski definition) is 1. The van der Waals surface area contributed by atoms with E-state index in [9.17, 15) is 24.3 Å². The Morgan fingerprint density at radius 3 is 2.42 bits per heavy atom. The summed E-state index contributed by atoms with van der Waals surface area (Å²) in [4.78, 5) is 48.2. The first kappa shape index (κ1) is 15.7. The molecule has 1 N–H and O–H groups in total. The van der Waals surface area contributed by atoms with Gasteiger partial charge in [-0.3, -0.25) is 14.4 Å². The third-order valence-electron chi connectivity index (χ3n) is 3.71. The summed E-state index contributed by atoms with van der Waals surface area (Å²) >= 11 is 0. The number of benzene rings is 1. The lowest BCUT2D eigenvalue weighted by Gasteiger charge is -2.18. The summed E-state index contributed by atoms with van der Waals surface area (Å²) in [5.74, 6) is -2.15. The summed E-state index contributed by atoms with van der Waals surface area (Å²) in [6.45, 7) is 2.64. The molecule has 0 unspecified atom stereocenters. The molecule has 1 aliphatic heterocycles. The number of carbonyl (C=O) groups excluding carboxylic acids is 3. The fourth-order valence-corrected chi connectivity index (χ4v) is 2.74. The van der Waals surface area contributed by atoms with Crippen LogP contribution >= 0.6 is 0 Å². The molecule has 0 radical (unpaired) electrons. The van der Waals surface area contributed by atoms with Gasteiger partial charge in [0.15, 0.2) is 0 Å². The number of nitrogens with zero attached hydrogens (tertiary/aromatic N) is 1. The topological polar surface area (TPSA) is 114 Å². The van der Waals surface area contributed by atoms with Crippen LogP contribution in [0.15, 0.2) is 21.3 Å². The molecule has 8 heteroatoms. The van der Waals surface area contributed by atoms with E-state index in [0.717, 1.165) is 11.8 Å². The zero-order valence-electron chi connectivity index (χ0n) is 12.9. The normalized spacial score (nSPS) is 14.5. The summed E-state index contributed by atoms with van der Waals surface area (Å²) in [6.07, 6.45) is 0.116. The average Bonchev–Trinajstić information content (AvgIpc) is 2.81. The maximum Gasteiger partial charge on any atom is 0.380 e. The summed E-state index contributed by atoms with van der Waals surface area (Å²) < 4.78 is 9.97. The number of imide groups is 1. The van der Waals surface area contributed by atoms with E-state index in [4.69, 9.17) is 9.15 Å². The molecule has 0 atom stereocenters. The Morgan fingerprint density at radius 1 is 1.21 bits per heavy atom. The van der Waals surface area contributed by atoms with Crippen molar-refractivity contribution in [2.75, 3.05) is 4.90 Å². The van der Waals surface area contributed by atoms with Crippen molar-refractivity contribution in [3.05, 3.63) is 28.1 Å². The average molecular weight is 331 g/mol. The van der Waals surface area contributed by atoms with Gasteiger partial charge < -0.3 is 14.3 Å². The fraction of sp³-hybridized carbons (Fsp3) is 0.250. The van der Waals surface area contributed by atoms with Crippen molar-refractivity contribution in [3.8, 4) is 11.5 Å². The lowest BCUT2D eigenvalue weighted by atomic mass is 10.1. The number of esters is 1. The van der Waals surface area contributed by atoms with Crippen LogP contribution in [0.4, 0.5) is 5.69 Å². The van der Waals surface area contributed by atoms with Crippen LogP contribution in [0.2, 0.25) is 0 Å². The Labute approximate surface area is 135 Å². The molecule has 8 nitrogen and oxygen atoms in total. The first-order valence-corrected chi connectivity index (χ1v) is 7.14. The van der Waals surface area contributed by atoms with Crippen molar-refractivity contribution in [3.63, 3.8) is 0 Å². The van der Waals surface area contributed by atoms with E-state index in [1.54, 1.807) is 0 Å². The summed E-state index contributed by atoms with van der Waals surface area (Å²) in [5.41, 5.74) is -0.590. The molecule has 24 heavy (non-hydrogen) atoms. The van der Waals surface area contributed by atoms with Gasteiger partial charge in [0.25, 0.3) is 0 Å². The lowest BCUT2D eigenvalue weighted by Crippen LogP contribution is -2.29. The quantitative estimate of drug-likeness (QED) is 0.502. The largest absolute Gasteiger partial charge is 0.508 e. The van der Waals surface area contributed by atoms with E-state index in [0.29, 0.717) is 0 Å². The number of aromatic hydroxyl groups is 1. The Kier molecular flexibility index (Phi) is 3.59. The van der Waals surface area contributed by atoms with Crippen LogP contribution in [0.1, 0.15) is 25.3 Å². The van der Waals surface area contributed by atoms with Gasteiger partial charge in [-0.25, -0.2) is 9.69 Å². The Balaban J connectivity index is 2.37. The minimum atomic E-state index is -0.897. The second-order valence-electron chi connectivity index (χ2n) is 5.40. The van der Waals surface area contributed by atoms with Crippen molar-refractivity contribution in [1.29, 1.82) is 0 Å². The van der Waals surface area contributed by atoms with Crippen LogP contribution in [0, 0.1) is 6.92 Å². The number of fused-ring (bicyclic) bond motifs is 1. The van der Waals surface area contributed by atoms with Crippen molar-refractivity contribution < 1.29 is 28.6 Å². The van der Waals surface area contributed by atoms with Crippen molar-refractivity contribution >= 4 is 34.4 Å². The molecule has 2 aromatic rings. The van der Waals surface area contributed by atoms with Crippen molar-refractivity contribution in [2.24, 2.45) is 0 Å². The van der Waals surface area contributed by atoms with Crippen LogP contribution in [-0.2, 0) is 14.4 Å². The predicted molar refractivity (Wildman–Crippen MR) is 81.9 cm³/mol.